The highest BCUT2D eigenvalue weighted by Gasteiger charge is 2.60. The summed E-state index contributed by atoms with van der Waals surface area (Å²) >= 11 is 2.18. The highest BCUT2D eigenvalue weighted by molar-refractivity contribution is 14.1. The van der Waals surface area contributed by atoms with Gasteiger partial charge in [0.25, 0.3) is 0 Å². The Bertz CT molecular complexity index is 1260. The van der Waals surface area contributed by atoms with Crippen LogP contribution in [0.5, 0.6) is 0 Å². The third-order valence-corrected chi connectivity index (χ3v) is 12.4. The van der Waals surface area contributed by atoms with Crippen molar-refractivity contribution in [1.29, 1.82) is 0 Å². The van der Waals surface area contributed by atoms with E-state index in [4.69, 9.17) is 33.2 Å². The minimum atomic E-state index is -0.863. The fourth-order valence-corrected chi connectivity index (χ4v) is 8.97. The molecule has 0 spiro atoms. The highest BCUT2D eigenvalue weighted by atomic mass is 127. The molecule has 268 valence electrons. The lowest BCUT2D eigenvalue weighted by Crippen LogP contribution is -2.65. The molecule has 13 heteroatoms. The van der Waals surface area contributed by atoms with Gasteiger partial charge in [-0.25, -0.2) is 9.59 Å². The first-order valence-corrected chi connectivity index (χ1v) is 18.7. The van der Waals surface area contributed by atoms with Crippen molar-refractivity contribution in [3.05, 3.63) is 35.9 Å². The van der Waals surface area contributed by atoms with Crippen molar-refractivity contribution >= 4 is 34.8 Å². The summed E-state index contributed by atoms with van der Waals surface area (Å²) in [5.74, 6) is 0.443. The number of alkyl carbamates (subject to hydrolysis) is 1. The summed E-state index contributed by atoms with van der Waals surface area (Å²) in [7, 11) is 1.69. The third-order valence-electron chi connectivity index (χ3n) is 10.8. The number of amides is 2. The topological polar surface area (TPSA) is 134 Å². The molecule has 5 fully saturated rings. The maximum Gasteiger partial charge on any atom is 0.410 e. The largest absolute Gasteiger partial charge is 0.445 e. The van der Waals surface area contributed by atoms with Crippen LogP contribution < -0.4 is 5.32 Å². The van der Waals surface area contributed by atoms with Crippen molar-refractivity contribution in [3.63, 3.8) is 0 Å². The van der Waals surface area contributed by atoms with E-state index in [9.17, 15) is 14.7 Å². The molecule has 1 aliphatic carbocycles. The number of hydrogen-bond acceptors (Lipinski definition) is 10. The van der Waals surface area contributed by atoms with E-state index in [2.05, 4.69) is 48.7 Å². The molecule has 2 N–H and O–H groups in total. The summed E-state index contributed by atoms with van der Waals surface area (Å²) in [5.41, 5.74) is 0.900. The van der Waals surface area contributed by atoms with E-state index in [0.29, 0.717) is 18.8 Å². The lowest BCUT2D eigenvalue weighted by Gasteiger charge is -2.51. The maximum absolute atomic E-state index is 12.9. The van der Waals surface area contributed by atoms with Gasteiger partial charge in [0.2, 0.25) is 0 Å². The van der Waals surface area contributed by atoms with Gasteiger partial charge in [0.15, 0.2) is 25.0 Å². The number of halogens is 1. The maximum atomic E-state index is 12.9. The number of alkyl halides is 1. The Kier molecular flexibility index (Phi) is 11.4. The van der Waals surface area contributed by atoms with Crippen LogP contribution >= 0.6 is 22.6 Å². The zero-order valence-electron chi connectivity index (χ0n) is 28.6. The van der Waals surface area contributed by atoms with Gasteiger partial charge in [-0.05, 0) is 43.1 Å². The predicted molar refractivity (Wildman–Crippen MR) is 182 cm³/mol. The first kappa shape index (κ1) is 36.1. The first-order valence-electron chi connectivity index (χ1n) is 17.4. The average Bonchev–Trinajstić information content (AvgIpc) is 3.36. The van der Waals surface area contributed by atoms with E-state index in [1.807, 2.05) is 44.2 Å². The molecule has 0 aromatic heterocycles. The number of aliphatic hydroxyl groups is 1. The van der Waals surface area contributed by atoms with Crippen LogP contribution in [0.25, 0.3) is 0 Å². The van der Waals surface area contributed by atoms with Crippen LogP contribution in [0.15, 0.2) is 30.3 Å². The van der Waals surface area contributed by atoms with Gasteiger partial charge in [-0.3, -0.25) is 4.90 Å². The van der Waals surface area contributed by atoms with Gasteiger partial charge in [0.05, 0.1) is 28.3 Å². The smallest absolute Gasteiger partial charge is 0.410 e. The monoisotopic (exact) mass is 786 g/mol. The van der Waals surface area contributed by atoms with E-state index in [1.54, 1.807) is 7.05 Å². The van der Waals surface area contributed by atoms with E-state index >= 15 is 0 Å². The number of hydrogen-bond donors (Lipinski definition) is 2. The lowest BCUT2D eigenvalue weighted by atomic mass is 9.82. The second-order valence-corrected chi connectivity index (χ2v) is 16.0. The SMILES string of the molecule is CCC1O[C@H](OC2O[C@H]3CC(C)[C@@H](O[C@@H]4C(C)C[C@@H](NC(=O)OCc5ccccc5)C(I)[C@H]4O)OC3C3OC(=O)N(C)C23)C(C)C[C@@H]1C. The van der Waals surface area contributed by atoms with Crippen molar-refractivity contribution in [2.45, 2.75) is 138 Å². The Morgan fingerprint density at radius 3 is 2.38 bits per heavy atom. The standard InChI is InChI=1S/C35H51IN2O10/c1-7-23-17(2)13-19(4)31(43-23)48-33-26-30(47-35(41)38(26)6)29-24(44-33)15-20(5)32(46-29)45-28-18(3)14-22(25(36)27(28)39)37-34(40)42-16-21-11-9-8-10-12-21/h8-12,17-20,22-33,39H,7,13-16H2,1-6H3,(H,37,40)/t17-,18?,19?,20?,22+,23?,24-,25?,26?,27+,28+,29?,30?,31+,32-,33?/m0/s1. The summed E-state index contributed by atoms with van der Waals surface area (Å²) < 4.78 is 43.6. The van der Waals surface area contributed by atoms with Crippen LogP contribution in [0.3, 0.4) is 0 Å². The summed E-state index contributed by atoms with van der Waals surface area (Å²) in [6.07, 6.45) is -2.60. The molecule has 9 unspecified atom stereocenters. The number of likely N-dealkylation sites (N-methyl/N-ethyl adjacent to an activating group) is 1. The van der Waals surface area contributed by atoms with Gasteiger partial charge in [-0.15, -0.1) is 0 Å². The van der Waals surface area contributed by atoms with Gasteiger partial charge in [-0.2, -0.15) is 0 Å². The fraction of sp³-hybridized carbons (Fsp3) is 0.771. The molecule has 12 nitrogen and oxygen atoms in total. The molecular formula is C35H51IN2O10. The number of benzene rings is 1. The number of rotatable bonds is 8. The Morgan fingerprint density at radius 1 is 0.938 bits per heavy atom. The van der Waals surface area contributed by atoms with Gasteiger partial charge < -0.3 is 43.6 Å². The molecule has 48 heavy (non-hydrogen) atoms. The van der Waals surface area contributed by atoms with E-state index in [1.165, 1.54) is 4.90 Å². The van der Waals surface area contributed by atoms with Gasteiger partial charge in [0, 0.05) is 24.9 Å². The summed E-state index contributed by atoms with van der Waals surface area (Å²) in [6.45, 7) is 10.7. The van der Waals surface area contributed by atoms with Gasteiger partial charge in [-0.1, -0.05) is 87.5 Å². The minimum absolute atomic E-state index is 0.0793. The number of ether oxygens (including phenoxy) is 7. The van der Waals surface area contributed by atoms with E-state index < -0.39 is 61.5 Å². The summed E-state index contributed by atoms with van der Waals surface area (Å²) in [4.78, 5) is 27.0. The first-order chi connectivity index (χ1) is 22.9. The molecule has 5 aliphatic rings. The normalized spacial score (nSPS) is 44.3. The number of nitrogens with zero attached hydrogens (tertiary/aromatic N) is 1. The lowest BCUT2D eigenvalue weighted by molar-refractivity contribution is -0.367. The van der Waals surface area contributed by atoms with Crippen molar-refractivity contribution < 1.29 is 47.9 Å². The average molecular weight is 787 g/mol. The Balaban J connectivity index is 1.08. The van der Waals surface area contributed by atoms with E-state index in [-0.39, 0.29) is 46.5 Å². The number of fused-ring (bicyclic) bond motifs is 3. The van der Waals surface area contributed by atoms with Crippen LogP contribution in [-0.2, 0) is 39.8 Å². The van der Waals surface area contributed by atoms with Crippen molar-refractivity contribution in [3.8, 4) is 0 Å². The number of carbonyl (C=O) groups excluding carboxylic acids is 2. The molecule has 1 aromatic rings. The van der Waals surface area contributed by atoms with E-state index in [0.717, 1.165) is 18.4 Å². The molecule has 1 saturated carbocycles. The number of carbonyl (C=O) groups is 2. The molecule has 6 rings (SSSR count). The van der Waals surface area contributed by atoms with Crippen LogP contribution in [0.4, 0.5) is 9.59 Å². The van der Waals surface area contributed by atoms with Gasteiger partial charge in [0.1, 0.15) is 18.8 Å². The molecular weight excluding hydrogens is 735 g/mol. The van der Waals surface area contributed by atoms with Crippen LogP contribution in [0.2, 0.25) is 0 Å². The number of aliphatic hydroxyl groups excluding tert-OH is 1. The Morgan fingerprint density at radius 2 is 1.65 bits per heavy atom. The molecule has 0 radical (unpaired) electrons. The number of nitrogens with one attached hydrogen (secondary N) is 1. The zero-order chi connectivity index (χ0) is 34.3. The molecule has 1 aromatic carbocycles. The molecule has 2 amide bonds. The molecule has 0 bridgehead atoms. The van der Waals surface area contributed by atoms with Crippen LogP contribution in [-0.4, -0.2) is 101 Å². The van der Waals surface area contributed by atoms with Crippen LogP contribution in [0.1, 0.15) is 65.9 Å². The quantitative estimate of drug-likeness (QED) is 0.275. The third kappa shape index (κ3) is 7.47. The summed E-state index contributed by atoms with van der Waals surface area (Å²) in [6, 6.07) is 8.68. The molecule has 4 saturated heterocycles. The van der Waals surface area contributed by atoms with Gasteiger partial charge >= 0.3 is 12.2 Å². The molecule has 16 atom stereocenters. The van der Waals surface area contributed by atoms with Crippen molar-refractivity contribution in [1.82, 2.24) is 10.2 Å². The summed E-state index contributed by atoms with van der Waals surface area (Å²) in [5, 5.41) is 14.4. The highest BCUT2D eigenvalue weighted by Crippen LogP contribution is 2.43. The zero-order valence-corrected chi connectivity index (χ0v) is 30.8. The second kappa shape index (κ2) is 15.2. The predicted octanol–water partition coefficient (Wildman–Crippen LogP) is 4.98. The Hall–Kier alpha value is -1.75. The fourth-order valence-electron chi connectivity index (χ4n) is 8.08. The minimum Gasteiger partial charge on any atom is -0.445 e. The molecule has 4 heterocycles. The Labute approximate surface area is 296 Å². The van der Waals surface area contributed by atoms with Crippen molar-refractivity contribution in [2.75, 3.05) is 7.05 Å². The molecule has 4 aliphatic heterocycles. The van der Waals surface area contributed by atoms with Crippen LogP contribution in [0, 0.1) is 23.7 Å². The second-order valence-electron chi connectivity index (χ2n) is 14.5. The van der Waals surface area contributed by atoms with Crippen molar-refractivity contribution in [2.24, 2.45) is 23.7 Å².